The molecule has 1 rings (SSSR count). The molecular weight excluding hydrogens is 260 g/mol. The number of piperidine rings is 1. The molecule has 6 heteroatoms. The molecule has 1 saturated heterocycles. The van der Waals surface area contributed by atoms with Crippen LogP contribution >= 0.6 is 0 Å². The Labute approximate surface area is 120 Å². The van der Waals surface area contributed by atoms with Crippen LogP contribution in [0.4, 0.5) is 0 Å². The molecule has 1 heterocycles. The maximum atomic E-state index is 12.3. The maximum absolute atomic E-state index is 12.3. The number of carbonyl (C=O) groups is 2. The van der Waals surface area contributed by atoms with Gasteiger partial charge in [-0.2, -0.15) is 0 Å². The zero-order valence-electron chi connectivity index (χ0n) is 12.2. The van der Waals surface area contributed by atoms with Gasteiger partial charge in [-0.25, -0.2) is 0 Å². The minimum atomic E-state index is -0.844. The number of ether oxygens (including phenoxy) is 1. The number of rotatable bonds is 8. The standard InChI is InChI=1S/C14H26N2O4/c1-2-3-11(10-15)14(19)16-7-4-12(5-8-16)20-9-6-13(17)18/h11-12H,2-10,15H2,1H3,(H,17,18). The van der Waals surface area contributed by atoms with Gasteiger partial charge in [0, 0.05) is 19.6 Å². The minimum absolute atomic E-state index is 0.0326. The van der Waals surface area contributed by atoms with Crippen molar-refractivity contribution >= 4 is 11.9 Å². The van der Waals surface area contributed by atoms with Gasteiger partial charge in [0.15, 0.2) is 0 Å². The number of carboxylic acids is 1. The number of likely N-dealkylation sites (tertiary alicyclic amines) is 1. The lowest BCUT2D eigenvalue weighted by atomic mass is 10.00. The molecule has 0 aromatic carbocycles. The van der Waals surface area contributed by atoms with Crippen molar-refractivity contribution in [2.75, 3.05) is 26.2 Å². The third-order valence-corrected chi connectivity index (χ3v) is 3.69. The number of carboxylic acid groups (broad SMARTS) is 1. The summed E-state index contributed by atoms with van der Waals surface area (Å²) in [5.41, 5.74) is 5.66. The highest BCUT2D eigenvalue weighted by Gasteiger charge is 2.27. The summed E-state index contributed by atoms with van der Waals surface area (Å²) in [4.78, 5) is 24.5. The van der Waals surface area contributed by atoms with E-state index in [1.165, 1.54) is 0 Å². The molecule has 116 valence electrons. The lowest BCUT2D eigenvalue weighted by molar-refractivity contribution is -0.139. The highest BCUT2D eigenvalue weighted by atomic mass is 16.5. The summed E-state index contributed by atoms with van der Waals surface area (Å²) in [5, 5.41) is 8.55. The van der Waals surface area contributed by atoms with Gasteiger partial charge in [-0.15, -0.1) is 0 Å². The Kier molecular flexibility index (Phi) is 7.54. The molecule has 6 nitrogen and oxygen atoms in total. The van der Waals surface area contributed by atoms with E-state index in [0.717, 1.165) is 25.7 Å². The van der Waals surface area contributed by atoms with E-state index in [4.69, 9.17) is 15.6 Å². The van der Waals surface area contributed by atoms with E-state index < -0.39 is 5.97 Å². The number of hydrogen-bond donors (Lipinski definition) is 2. The summed E-state index contributed by atoms with van der Waals surface area (Å²) < 4.78 is 5.51. The fourth-order valence-corrected chi connectivity index (χ4v) is 2.50. The van der Waals surface area contributed by atoms with Crippen molar-refractivity contribution in [3.05, 3.63) is 0 Å². The number of aliphatic carboxylic acids is 1. The van der Waals surface area contributed by atoms with E-state index in [1.807, 2.05) is 4.90 Å². The fourth-order valence-electron chi connectivity index (χ4n) is 2.50. The van der Waals surface area contributed by atoms with Crippen LogP contribution < -0.4 is 5.73 Å². The van der Waals surface area contributed by atoms with Gasteiger partial charge in [0.1, 0.15) is 0 Å². The van der Waals surface area contributed by atoms with Crippen molar-refractivity contribution < 1.29 is 19.4 Å². The van der Waals surface area contributed by atoms with Gasteiger partial charge < -0.3 is 20.5 Å². The van der Waals surface area contributed by atoms with Gasteiger partial charge in [0.05, 0.1) is 25.0 Å². The number of nitrogens with two attached hydrogens (primary N) is 1. The second-order valence-corrected chi connectivity index (χ2v) is 5.26. The molecule has 20 heavy (non-hydrogen) atoms. The van der Waals surface area contributed by atoms with Crippen LogP contribution in [0.5, 0.6) is 0 Å². The Morgan fingerprint density at radius 1 is 1.40 bits per heavy atom. The Morgan fingerprint density at radius 3 is 2.55 bits per heavy atom. The van der Waals surface area contributed by atoms with Crippen LogP contribution in [0.25, 0.3) is 0 Å². The smallest absolute Gasteiger partial charge is 0.305 e. The monoisotopic (exact) mass is 286 g/mol. The van der Waals surface area contributed by atoms with E-state index in [1.54, 1.807) is 0 Å². The molecule has 1 aliphatic rings. The Balaban J connectivity index is 2.30. The molecular formula is C14H26N2O4. The highest BCUT2D eigenvalue weighted by Crippen LogP contribution is 2.17. The maximum Gasteiger partial charge on any atom is 0.305 e. The first-order valence-corrected chi connectivity index (χ1v) is 7.40. The first-order chi connectivity index (χ1) is 9.58. The summed E-state index contributed by atoms with van der Waals surface area (Å²) in [5.74, 6) is -0.759. The van der Waals surface area contributed by atoms with Crippen molar-refractivity contribution in [1.29, 1.82) is 0 Å². The number of hydrogen-bond acceptors (Lipinski definition) is 4. The normalized spacial score (nSPS) is 18.0. The topological polar surface area (TPSA) is 92.9 Å². The van der Waals surface area contributed by atoms with E-state index in [-0.39, 0.29) is 31.0 Å². The second kappa shape index (κ2) is 8.92. The Bertz CT molecular complexity index is 314. The van der Waals surface area contributed by atoms with Crippen LogP contribution in [0.3, 0.4) is 0 Å². The van der Waals surface area contributed by atoms with Crippen molar-refractivity contribution in [1.82, 2.24) is 4.90 Å². The molecule has 1 amide bonds. The van der Waals surface area contributed by atoms with Gasteiger partial charge in [0.25, 0.3) is 0 Å². The van der Waals surface area contributed by atoms with E-state index in [9.17, 15) is 9.59 Å². The zero-order chi connectivity index (χ0) is 15.0. The van der Waals surface area contributed by atoms with Gasteiger partial charge in [-0.3, -0.25) is 9.59 Å². The summed E-state index contributed by atoms with van der Waals surface area (Å²) in [6.07, 6.45) is 3.45. The Morgan fingerprint density at radius 2 is 2.05 bits per heavy atom. The van der Waals surface area contributed by atoms with E-state index in [0.29, 0.717) is 19.6 Å². The molecule has 0 radical (unpaired) electrons. The van der Waals surface area contributed by atoms with E-state index in [2.05, 4.69) is 6.92 Å². The lowest BCUT2D eigenvalue weighted by Crippen LogP contribution is -2.45. The van der Waals surface area contributed by atoms with Gasteiger partial charge in [0.2, 0.25) is 5.91 Å². The summed E-state index contributed by atoms with van der Waals surface area (Å²) in [6, 6.07) is 0. The zero-order valence-corrected chi connectivity index (χ0v) is 12.2. The Hall–Kier alpha value is -1.14. The number of amides is 1. The van der Waals surface area contributed by atoms with Crippen molar-refractivity contribution in [3.8, 4) is 0 Å². The van der Waals surface area contributed by atoms with Crippen LogP contribution in [-0.4, -0.2) is 54.2 Å². The second-order valence-electron chi connectivity index (χ2n) is 5.26. The molecule has 0 saturated carbocycles. The molecule has 1 atom stereocenters. The largest absolute Gasteiger partial charge is 0.481 e. The SMILES string of the molecule is CCCC(CN)C(=O)N1CCC(OCCC(=O)O)CC1. The first kappa shape index (κ1) is 16.9. The van der Waals surface area contributed by atoms with Gasteiger partial charge >= 0.3 is 5.97 Å². The predicted molar refractivity (Wildman–Crippen MR) is 75.3 cm³/mol. The molecule has 0 aliphatic carbocycles. The summed E-state index contributed by atoms with van der Waals surface area (Å²) in [7, 11) is 0. The van der Waals surface area contributed by atoms with Crippen molar-refractivity contribution in [2.45, 2.75) is 45.1 Å². The average molecular weight is 286 g/mol. The molecule has 0 bridgehead atoms. The molecule has 1 aliphatic heterocycles. The van der Waals surface area contributed by atoms with Crippen LogP contribution in [0.1, 0.15) is 39.0 Å². The van der Waals surface area contributed by atoms with Crippen LogP contribution in [0, 0.1) is 5.92 Å². The molecule has 0 aromatic rings. The number of nitrogens with zero attached hydrogens (tertiary/aromatic N) is 1. The quantitative estimate of drug-likeness (QED) is 0.690. The molecule has 0 spiro atoms. The van der Waals surface area contributed by atoms with Crippen LogP contribution in [-0.2, 0) is 14.3 Å². The van der Waals surface area contributed by atoms with Crippen molar-refractivity contribution in [3.63, 3.8) is 0 Å². The average Bonchev–Trinajstić information content (AvgIpc) is 2.44. The molecule has 3 N–H and O–H groups in total. The van der Waals surface area contributed by atoms with Gasteiger partial charge in [-0.05, 0) is 19.3 Å². The summed E-state index contributed by atoms with van der Waals surface area (Å²) >= 11 is 0. The van der Waals surface area contributed by atoms with Crippen LogP contribution in [0.2, 0.25) is 0 Å². The highest BCUT2D eigenvalue weighted by molar-refractivity contribution is 5.79. The minimum Gasteiger partial charge on any atom is -0.481 e. The third-order valence-electron chi connectivity index (χ3n) is 3.69. The first-order valence-electron chi connectivity index (χ1n) is 7.40. The lowest BCUT2D eigenvalue weighted by Gasteiger charge is -2.34. The molecule has 1 fully saturated rings. The fraction of sp³-hybridized carbons (Fsp3) is 0.857. The predicted octanol–water partition coefficient (Wildman–Crippen LogP) is 0.844. The number of carbonyl (C=O) groups excluding carboxylic acids is 1. The van der Waals surface area contributed by atoms with Gasteiger partial charge in [-0.1, -0.05) is 13.3 Å². The summed E-state index contributed by atoms with van der Waals surface area (Å²) in [6.45, 7) is 4.06. The molecule has 1 unspecified atom stereocenters. The third kappa shape index (κ3) is 5.46. The van der Waals surface area contributed by atoms with E-state index >= 15 is 0 Å². The van der Waals surface area contributed by atoms with Crippen LogP contribution in [0.15, 0.2) is 0 Å². The molecule has 0 aromatic heterocycles. The van der Waals surface area contributed by atoms with Crippen molar-refractivity contribution in [2.24, 2.45) is 11.7 Å².